The van der Waals surface area contributed by atoms with Crippen LogP contribution in [-0.2, 0) is 46.4 Å². The van der Waals surface area contributed by atoms with Crippen LogP contribution in [0.15, 0.2) is 18.2 Å². The monoisotopic (exact) mass is 599 g/mol. The molecule has 42 heavy (non-hydrogen) atoms. The minimum absolute atomic E-state index is 0.0635. The number of nitrogens with one attached hydrogen (secondary N) is 1. The largest absolute Gasteiger partial charge is 0.467 e. The van der Waals surface area contributed by atoms with Crippen molar-refractivity contribution in [3.8, 4) is 0 Å². The maximum Gasteiger partial charge on any atom is 0.411 e. The maximum atomic E-state index is 11.8. The van der Waals surface area contributed by atoms with Crippen molar-refractivity contribution in [2.24, 2.45) is 0 Å². The number of ether oxygens (including phenoxy) is 5. The van der Waals surface area contributed by atoms with Crippen molar-refractivity contribution < 1.29 is 53.1 Å². The van der Waals surface area contributed by atoms with Crippen LogP contribution in [0, 0.1) is 0 Å². The smallest absolute Gasteiger partial charge is 0.411 e. The molecule has 14 heteroatoms. The molecule has 238 valence electrons. The summed E-state index contributed by atoms with van der Waals surface area (Å²) < 4.78 is 25.2. The highest BCUT2D eigenvalue weighted by atomic mass is 16.6. The summed E-state index contributed by atoms with van der Waals surface area (Å²) in [7, 11) is 3.93. The Morgan fingerprint density at radius 1 is 0.976 bits per heavy atom. The molecule has 3 rings (SSSR count). The molecule has 3 amide bonds. The van der Waals surface area contributed by atoms with Gasteiger partial charge in [-0.25, -0.2) is 14.4 Å². The number of likely N-dealkylation sites (tertiary alicyclic amines) is 1. The van der Waals surface area contributed by atoms with E-state index in [1.807, 2.05) is 6.07 Å². The van der Waals surface area contributed by atoms with Gasteiger partial charge in [0.2, 0.25) is 5.91 Å². The highest BCUT2D eigenvalue weighted by Gasteiger charge is 2.37. The van der Waals surface area contributed by atoms with E-state index < -0.39 is 23.8 Å². The van der Waals surface area contributed by atoms with Gasteiger partial charge in [0.1, 0.15) is 18.2 Å². The van der Waals surface area contributed by atoms with Crippen LogP contribution in [0.5, 0.6) is 0 Å². The van der Waals surface area contributed by atoms with Crippen molar-refractivity contribution in [2.45, 2.75) is 58.3 Å². The fourth-order valence-electron chi connectivity index (χ4n) is 4.02. The number of aliphatic hydroxyl groups excluding tert-OH is 1. The summed E-state index contributed by atoms with van der Waals surface area (Å²) in [5, 5.41) is 18.7. The van der Waals surface area contributed by atoms with Crippen LogP contribution >= 0.6 is 0 Å². The average molecular weight is 600 g/mol. The second-order valence-electron chi connectivity index (χ2n) is 10.2. The van der Waals surface area contributed by atoms with Gasteiger partial charge >= 0.3 is 18.2 Å². The molecule has 1 unspecified atom stereocenters. The molecule has 0 radical (unpaired) electrons. The van der Waals surface area contributed by atoms with Crippen LogP contribution in [-0.4, -0.2) is 117 Å². The minimum Gasteiger partial charge on any atom is -0.467 e. The van der Waals surface area contributed by atoms with E-state index in [-0.39, 0.29) is 18.5 Å². The molecule has 1 aromatic carbocycles. The number of hydrogen-bond acceptors (Lipinski definition) is 10. The Morgan fingerprint density at radius 2 is 1.62 bits per heavy atom. The van der Waals surface area contributed by atoms with Crippen LogP contribution in [0.25, 0.3) is 0 Å². The Labute approximate surface area is 246 Å². The first-order valence-electron chi connectivity index (χ1n) is 13.5. The van der Waals surface area contributed by atoms with Crippen LogP contribution in [0.2, 0.25) is 0 Å². The highest BCUT2D eigenvalue weighted by molar-refractivity contribution is 5.91. The van der Waals surface area contributed by atoms with E-state index in [4.69, 9.17) is 29.2 Å². The number of fused-ring (bicyclic) bond motifs is 1. The first-order chi connectivity index (χ1) is 19.9. The predicted molar refractivity (Wildman–Crippen MR) is 152 cm³/mol. The lowest BCUT2D eigenvalue weighted by atomic mass is 10.1. The van der Waals surface area contributed by atoms with E-state index in [0.717, 1.165) is 24.7 Å². The van der Waals surface area contributed by atoms with E-state index in [9.17, 15) is 19.2 Å². The predicted octanol–water partition coefficient (Wildman–Crippen LogP) is 2.47. The van der Waals surface area contributed by atoms with Gasteiger partial charge in [-0.2, -0.15) is 0 Å². The van der Waals surface area contributed by atoms with Crippen LogP contribution in [0.1, 0.15) is 44.7 Å². The molecule has 3 N–H and O–H groups in total. The Bertz CT molecular complexity index is 1010. The number of esters is 1. The molecule has 1 saturated heterocycles. The zero-order chi connectivity index (χ0) is 31.7. The van der Waals surface area contributed by atoms with Crippen molar-refractivity contribution in [1.82, 2.24) is 9.80 Å². The van der Waals surface area contributed by atoms with Gasteiger partial charge in [0.15, 0.2) is 0 Å². The van der Waals surface area contributed by atoms with Gasteiger partial charge in [-0.05, 0) is 56.9 Å². The highest BCUT2D eigenvalue weighted by Crippen LogP contribution is 2.26. The van der Waals surface area contributed by atoms with Crippen molar-refractivity contribution in [3.63, 3.8) is 0 Å². The summed E-state index contributed by atoms with van der Waals surface area (Å²) in [5.74, 6) is -0.636. The van der Waals surface area contributed by atoms with Crippen LogP contribution in [0.4, 0.5) is 15.3 Å². The summed E-state index contributed by atoms with van der Waals surface area (Å²) >= 11 is 0. The number of methoxy groups -OCH3 is 2. The second-order valence-corrected chi connectivity index (χ2v) is 10.2. The number of anilines is 1. The number of aliphatic hydroxyl groups is 1. The Hall–Kier alpha value is -3.46. The number of nitrogens with zero attached hydrogens (tertiary/aromatic N) is 2. The molecule has 0 spiro atoms. The molecule has 2 aliphatic heterocycles. The van der Waals surface area contributed by atoms with E-state index >= 15 is 0 Å². The average Bonchev–Trinajstić information content (AvgIpc) is 3.60. The molecular weight excluding hydrogens is 554 g/mol. The Morgan fingerprint density at radius 3 is 2.24 bits per heavy atom. The second kappa shape index (κ2) is 18.9. The van der Waals surface area contributed by atoms with Gasteiger partial charge in [0, 0.05) is 39.5 Å². The molecule has 1 aromatic rings. The van der Waals surface area contributed by atoms with Gasteiger partial charge in [-0.15, -0.1) is 0 Å². The van der Waals surface area contributed by atoms with Crippen molar-refractivity contribution in [1.29, 1.82) is 0 Å². The maximum absolute atomic E-state index is 11.8. The van der Waals surface area contributed by atoms with Gasteiger partial charge in [0.25, 0.3) is 0 Å². The van der Waals surface area contributed by atoms with E-state index in [1.54, 1.807) is 40.0 Å². The lowest BCUT2D eigenvalue weighted by Gasteiger charge is -2.27. The summed E-state index contributed by atoms with van der Waals surface area (Å²) in [5.41, 5.74) is 1.95. The SMILES string of the molecule is CO.COC(=O)C1CCCN1C(=O)OC(C)(C)C.COCCOCCOCC(=O)Nc1ccc2c(c1)CN(C(=O)O)C2. The van der Waals surface area contributed by atoms with Crippen molar-refractivity contribution in [2.75, 3.05) is 66.2 Å². The number of rotatable bonds is 10. The number of carbonyl (C=O) groups excluding carboxylic acids is 3. The molecule has 2 aliphatic rings. The third kappa shape index (κ3) is 13.0. The number of amides is 3. The van der Waals surface area contributed by atoms with Crippen LogP contribution < -0.4 is 5.32 Å². The Kier molecular flexibility index (Phi) is 16.4. The minimum atomic E-state index is -0.946. The fraction of sp³-hybridized carbons (Fsp3) is 0.643. The molecule has 0 bridgehead atoms. The van der Waals surface area contributed by atoms with E-state index in [2.05, 4.69) is 10.1 Å². The topological polar surface area (TPSA) is 173 Å². The molecular formula is C28H45N3O11. The molecule has 0 aromatic heterocycles. The fourth-order valence-corrected chi connectivity index (χ4v) is 4.02. The van der Waals surface area contributed by atoms with Crippen molar-refractivity contribution in [3.05, 3.63) is 29.3 Å². The number of benzene rings is 1. The first kappa shape index (κ1) is 36.6. The van der Waals surface area contributed by atoms with Gasteiger partial charge in [-0.1, -0.05) is 6.07 Å². The number of carbonyl (C=O) groups is 4. The first-order valence-corrected chi connectivity index (χ1v) is 13.5. The van der Waals surface area contributed by atoms with Crippen LogP contribution in [0.3, 0.4) is 0 Å². The standard InChI is InChI=1S/C16H22N2O6.C11H19NO4.CH4O/c1-22-4-5-23-6-7-24-11-15(19)17-14-3-2-12-9-18(16(20)21)10-13(12)8-14;1-11(2,3)16-10(14)12-7-5-6-8(12)9(13)15-4;1-2/h2-3,8H,4-7,9-11H2,1H3,(H,17,19)(H,20,21);8H,5-7H2,1-4H3;2H,1H3. The molecule has 0 saturated carbocycles. The summed E-state index contributed by atoms with van der Waals surface area (Å²) in [6.07, 6.45) is 0.0589. The third-order valence-electron chi connectivity index (χ3n) is 5.87. The summed E-state index contributed by atoms with van der Waals surface area (Å²) in [4.78, 5) is 48.8. The van der Waals surface area contributed by atoms with E-state index in [1.165, 1.54) is 16.9 Å². The lowest BCUT2D eigenvalue weighted by Crippen LogP contribution is -2.43. The number of carboxylic acid groups (broad SMARTS) is 1. The summed E-state index contributed by atoms with van der Waals surface area (Å²) in [6.45, 7) is 8.36. The zero-order valence-corrected chi connectivity index (χ0v) is 25.3. The molecule has 2 heterocycles. The molecule has 14 nitrogen and oxygen atoms in total. The van der Waals surface area contributed by atoms with E-state index in [0.29, 0.717) is 58.2 Å². The quantitative estimate of drug-likeness (QED) is 0.266. The molecule has 0 aliphatic carbocycles. The summed E-state index contributed by atoms with van der Waals surface area (Å²) in [6, 6.07) is 4.90. The third-order valence-corrected chi connectivity index (χ3v) is 5.87. The van der Waals surface area contributed by atoms with Gasteiger partial charge < -0.3 is 39.2 Å². The van der Waals surface area contributed by atoms with Gasteiger partial charge in [-0.3, -0.25) is 14.6 Å². The lowest BCUT2D eigenvalue weighted by molar-refractivity contribution is -0.145. The number of hydrogen-bond donors (Lipinski definition) is 3. The Balaban J connectivity index is 0.000000426. The van der Waals surface area contributed by atoms with Crippen molar-refractivity contribution >= 4 is 29.8 Å². The zero-order valence-electron chi connectivity index (χ0n) is 25.3. The normalized spacial score (nSPS) is 15.5. The molecule has 1 atom stereocenters. The van der Waals surface area contributed by atoms with Gasteiger partial charge in [0.05, 0.1) is 33.5 Å². The molecule has 1 fully saturated rings.